The van der Waals surface area contributed by atoms with Crippen molar-refractivity contribution >= 4 is 5.91 Å². The van der Waals surface area contributed by atoms with Gasteiger partial charge < -0.3 is 10.4 Å². The summed E-state index contributed by atoms with van der Waals surface area (Å²) < 4.78 is 0. The first-order chi connectivity index (χ1) is 7.56. The first-order valence-electron chi connectivity index (χ1n) is 5.02. The normalized spacial score (nSPS) is 11.6. The van der Waals surface area contributed by atoms with Gasteiger partial charge in [-0.05, 0) is 26.0 Å². The topological polar surface area (TPSA) is 73.1 Å². The van der Waals surface area contributed by atoms with Crippen LogP contribution in [0.1, 0.15) is 22.8 Å². The molecule has 1 atom stereocenters. The number of phenolic OH excluding ortho intramolecular Hbond substituents is 1. The van der Waals surface area contributed by atoms with E-state index in [2.05, 4.69) is 5.32 Å². The summed E-state index contributed by atoms with van der Waals surface area (Å²) >= 11 is 0. The van der Waals surface area contributed by atoms with Crippen LogP contribution in [0, 0.1) is 24.2 Å². The highest BCUT2D eigenvalue weighted by atomic mass is 16.3. The molecule has 84 valence electrons. The minimum atomic E-state index is -0.268. The molecule has 0 aliphatic carbocycles. The summed E-state index contributed by atoms with van der Waals surface area (Å²) in [4.78, 5) is 11.7. The van der Waals surface area contributed by atoms with Crippen LogP contribution in [0.5, 0.6) is 5.75 Å². The highest BCUT2D eigenvalue weighted by molar-refractivity contribution is 5.96. The lowest BCUT2D eigenvalue weighted by molar-refractivity contribution is 0.0949. The van der Waals surface area contributed by atoms with E-state index in [0.29, 0.717) is 17.7 Å². The molecule has 1 amide bonds. The quantitative estimate of drug-likeness (QED) is 0.809. The lowest BCUT2D eigenvalue weighted by atomic mass is 10.1. The number of nitriles is 1. The van der Waals surface area contributed by atoms with Gasteiger partial charge in [-0.1, -0.05) is 6.07 Å². The van der Waals surface area contributed by atoms with Crippen LogP contribution >= 0.6 is 0 Å². The van der Waals surface area contributed by atoms with Crippen LogP contribution in [0.15, 0.2) is 18.2 Å². The minimum absolute atomic E-state index is 0.0981. The van der Waals surface area contributed by atoms with Crippen molar-refractivity contribution in [3.63, 3.8) is 0 Å². The van der Waals surface area contributed by atoms with Gasteiger partial charge in [0, 0.05) is 17.7 Å². The van der Waals surface area contributed by atoms with Gasteiger partial charge in [-0.3, -0.25) is 4.79 Å². The fourth-order valence-corrected chi connectivity index (χ4v) is 1.26. The van der Waals surface area contributed by atoms with Crippen LogP contribution in [0.3, 0.4) is 0 Å². The molecule has 0 aliphatic rings. The summed E-state index contributed by atoms with van der Waals surface area (Å²) in [7, 11) is 0. The Balaban J connectivity index is 2.75. The van der Waals surface area contributed by atoms with E-state index in [1.54, 1.807) is 26.0 Å². The molecule has 0 heterocycles. The Morgan fingerprint density at radius 3 is 2.94 bits per heavy atom. The number of hydrogen-bond donors (Lipinski definition) is 2. The zero-order chi connectivity index (χ0) is 12.1. The van der Waals surface area contributed by atoms with E-state index in [-0.39, 0.29) is 17.6 Å². The van der Waals surface area contributed by atoms with Crippen LogP contribution in [0.4, 0.5) is 0 Å². The molecular formula is C12H14N2O2. The van der Waals surface area contributed by atoms with Crippen molar-refractivity contribution in [2.45, 2.75) is 13.8 Å². The smallest absolute Gasteiger partial charge is 0.251 e. The van der Waals surface area contributed by atoms with Crippen molar-refractivity contribution in [1.29, 1.82) is 5.26 Å². The Bertz CT molecular complexity index is 435. The fraction of sp³-hybridized carbons (Fsp3) is 0.333. The van der Waals surface area contributed by atoms with Crippen LogP contribution in [0.25, 0.3) is 0 Å². The number of nitrogens with one attached hydrogen (secondary N) is 1. The highest BCUT2D eigenvalue weighted by Gasteiger charge is 2.11. The van der Waals surface area contributed by atoms with Crippen molar-refractivity contribution in [2.24, 2.45) is 5.92 Å². The Morgan fingerprint density at radius 1 is 1.62 bits per heavy atom. The van der Waals surface area contributed by atoms with E-state index in [4.69, 9.17) is 5.26 Å². The number of carbonyl (C=O) groups excluding carboxylic acids is 1. The molecule has 1 aromatic rings. The lowest BCUT2D eigenvalue weighted by Crippen LogP contribution is -2.28. The Hall–Kier alpha value is -2.02. The molecule has 0 fully saturated rings. The molecule has 0 saturated heterocycles. The molecule has 0 bridgehead atoms. The third-order valence-corrected chi connectivity index (χ3v) is 2.34. The molecule has 0 aromatic heterocycles. The Labute approximate surface area is 94.5 Å². The number of rotatable bonds is 3. The fourth-order valence-electron chi connectivity index (χ4n) is 1.26. The summed E-state index contributed by atoms with van der Waals surface area (Å²) in [6, 6.07) is 6.82. The first kappa shape index (κ1) is 12.1. The monoisotopic (exact) mass is 218 g/mol. The summed E-state index contributed by atoms with van der Waals surface area (Å²) in [5.41, 5.74) is 0.981. The molecule has 0 aliphatic heterocycles. The van der Waals surface area contributed by atoms with Gasteiger partial charge in [0.25, 0.3) is 5.91 Å². The van der Waals surface area contributed by atoms with Gasteiger partial charge in [0.1, 0.15) is 5.75 Å². The SMILES string of the molecule is Cc1c(O)cccc1C(=O)NCC(C)C#N. The second-order valence-electron chi connectivity index (χ2n) is 3.69. The molecule has 1 rings (SSSR count). The molecule has 1 aromatic carbocycles. The lowest BCUT2D eigenvalue weighted by Gasteiger charge is -2.09. The highest BCUT2D eigenvalue weighted by Crippen LogP contribution is 2.19. The molecule has 16 heavy (non-hydrogen) atoms. The van der Waals surface area contributed by atoms with E-state index in [1.807, 2.05) is 6.07 Å². The maximum Gasteiger partial charge on any atom is 0.251 e. The molecular weight excluding hydrogens is 204 g/mol. The van der Waals surface area contributed by atoms with Gasteiger partial charge in [-0.15, -0.1) is 0 Å². The second-order valence-corrected chi connectivity index (χ2v) is 3.69. The number of amides is 1. The zero-order valence-electron chi connectivity index (χ0n) is 9.32. The number of hydrogen-bond acceptors (Lipinski definition) is 3. The summed E-state index contributed by atoms with van der Waals surface area (Å²) in [5.74, 6) is -0.391. The number of nitrogens with zero attached hydrogens (tertiary/aromatic N) is 1. The first-order valence-corrected chi connectivity index (χ1v) is 5.02. The largest absolute Gasteiger partial charge is 0.508 e. The summed E-state index contributed by atoms with van der Waals surface area (Å²) in [6.45, 7) is 3.72. The number of benzene rings is 1. The number of carbonyl (C=O) groups is 1. The zero-order valence-corrected chi connectivity index (χ0v) is 9.32. The third kappa shape index (κ3) is 2.74. The number of phenols is 1. The second kappa shape index (κ2) is 5.17. The predicted octanol–water partition coefficient (Wildman–Crippen LogP) is 1.59. The van der Waals surface area contributed by atoms with Gasteiger partial charge >= 0.3 is 0 Å². The molecule has 0 spiro atoms. The van der Waals surface area contributed by atoms with Crippen LogP contribution in [0.2, 0.25) is 0 Å². The van der Waals surface area contributed by atoms with Crippen LogP contribution < -0.4 is 5.32 Å². The van der Waals surface area contributed by atoms with Gasteiger partial charge in [0.15, 0.2) is 0 Å². The number of aromatic hydroxyl groups is 1. The Morgan fingerprint density at radius 2 is 2.31 bits per heavy atom. The minimum Gasteiger partial charge on any atom is -0.508 e. The maximum atomic E-state index is 11.7. The molecule has 4 heteroatoms. The van der Waals surface area contributed by atoms with Crippen molar-refractivity contribution in [2.75, 3.05) is 6.54 Å². The van der Waals surface area contributed by atoms with Crippen molar-refractivity contribution in [3.05, 3.63) is 29.3 Å². The van der Waals surface area contributed by atoms with E-state index < -0.39 is 0 Å². The van der Waals surface area contributed by atoms with E-state index in [0.717, 1.165) is 0 Å². The molecule has 1 unspecified atom stereocenters. The van der Waals surface area contributed by atoms with Gasteiger partial charge in [-0.25, -0.2) is 0 Å². The third-order valence-electron chi connectivity index (χ3n) is 2.34. The van der Waals surface area contributed by atoms with Crippen molar-refractivity contribution in [1.82, 2.24) is 5.32 Å². The average Bonchev–Trinajstić information content (AvgIpc) is 2.29. The molecule has 2 N–H and O–H groups in total. The molecule has 0 saturated carbocycles. The average molecular weight is 218 g/mol. The molecule has 4 nitrogen and oxygen atoms in total. The van der Waals surface area contributed by atoms with E-state index in [9.17, 15) is 9.90 Å². The van der Waals surface area contributed by atoms with E-state index in [1.165, 1.54) is 6.07 Å². The van der Waals surface area contributed by atoms with Crippen molar-refractivity contribution in [3.8, 4) is 11.8 Å². The van der Waals surface area contributed by atoms with Crippen molar-refractivity contribution < 1.29 is 9.90 Å². The van der Waals surface area contributed by atoms with Gasteiger partial charge in [-0.2, -0.15) is 5.26 Å². The van der Waals surface area contributed by atoms with Crippen LogP contribution in [-0.2, 0) is 0 Å². The summed E-state index contributed by atoms with van der Waals surface area (Å²) in [5, 5.41) is 20.7. The van der Waals surface area contributed by atoms with Crippen LogP contribution in [-0.4, -0.2) is 17.6 Å². The standard InChI is InChI=1S/C12H14N2O2/c1-8(6-13)7-14-12(16)10-4-3-5-11(15)9(10)2/h3-5,8,15H,7H2,1-2H3,(H,14,16). The molecule has 0 radical (unpaired) electrons. The maximum absolute atomic E-state index is 11.7. The van der Waals surface area contributed by atoms with Gasteiger partial charge in [0.05, 0.1) is 12.0 Å². The van der Waals surface area contributed by atoms with Gasteiger partial charge in [0.2, 0.25) is 0 Å². The van der Waals surface area contributed by atoms with E-state index >= 15 is 0 Å². The predicted molar refractivity (Wildman–Crippen MR) is 60.0 cm³/mol. The summed E-state index contributed by atoms with van der Waals surface area (Å²) in [6.07, 6.45) is 0. The Kier molecular flexibility index (Phi) is 3.90.